The number of benzene rings is 1. The van der Waals surface area contributed by atoms with Crippen molar-refractivity contribution in [1.29, 1.82) is 0 Å². The zero-order valence-corrected chi connectivity index (χ0v) is 16.4. The lowest BCUT2D eigenvalue weighted by atomic mass is 9.98. The minimum atomic E-state index is -0.674. The highest BCUT2D eigenvalue weighted by atomic mass is 16.5. The van der Waals surface area contributed by atoms with E-state index in [1.807, 2.05) is 24.3 Å². The molecule has 28 heavy (non-hydrogen) atoms. The first-order valence-electron chi connectivity index (χ1n) is 10.1. The van der Waals surface area contributed by atoms with Gasteiger partial charge in [-0.2, -0.15) is 0 Å². The average Bonchev–Trinajstić information content (AvgIpc) is 3.38. The van der Waals surface area contributed by atoms with Crippen LogP contribution in [0.25, 0.3) is 0 Å². The number of rotatable bonds is 7. The summed E-state index contributed by atoms with van der Waals surface area (Å²) in [6.07, 6.45) is 6.28. The summed E-state index contributed by atoms with van der Waals surface area (Å²) in [5.41, 5.74) is 1.81. The molecule has 2 N–H and O–H groups in total. The van der Waals surface area contributed by atoms with Crippen LogP contribution in [-0.2, 0) is 19.1 Å². The van der Waals surface area contributed by atoms with Crippen LogP contribution < -0.4 is 15.5 Å². The molecule has 2 fully saturated rings. The molecule has 1 aliphatic heterocycles. The molecule has 2 amide bonds. The van der Waals surface area contributed by atoms with Crippen molar-refractivity contribution in [2.75, 3.05) is 29.9 Å². The molecule has 7 nitrogen and oxygen atoms in total. The summed E-state index contributed by atoms with van der Waals surface area (Å²) in [5, 5.41) is 5.42. The molecule has 1 aliphatic carbocycles. The molecular formula is C21H29N3O4. The Morgan fingerprint density at radius 1 is 1.07 bits per heavy atom. The smallest absolute Gasteiger partial charge is 0.329 e. The summed E-state index contributed by atoms with van der Waals surface area (Å²) in [5.74, 6) is -1.12. The normalized spacial score (nSPS) is 18.0. The van der Waals surface area contributed by atoms with E-state index in [2.05, 4.69) is 15.5 Å². The van der Waals surface area contributed by atoms with E-state index >= 15 is 0 Å². The number of nitrogens with one attached hydrogen (secondary N) is 2. The van der Waals surface area contributed by atoms with Gasteiger partial charge in [0.25, 0.3) is 5.91 Å². The number of esters is 1. The second-order valence-electron chi connectivity index (χ2n) is 7.62. The molecule has 1 atom stereocenters. The van der Waals surface area contributed by atoms with Crippen LogP contribution in [-0.4, -0.2) is 43.5 Å². The molecule has 1 aromatic carbocycles. The number of anilines is 2. The number of amides is 2. The van der Waals surface area contributed by atoms with E-state index in [1.165, 1.54) is 19.8 Å². The quantitative estimate of drug-likeness (QED) is 0.702. The largest absolute Gasteiger partial charge is 0.454 e. The van der Waals surface area contributed by atoms with Crippen molar-refractivity contribution in [3.8, 4) is 0 Å². The van der Waals surface area contributed by atoms with E-state index in [-0.39, 0.29) is 18.4 Å². The van der Waals surface area contributed by atoms with Gasteiger partial charge in [-0.05, 0) is 55.9 Å². The van der Waals surface area contributed by atoms with Gasteiger partial charge in [0.15, 0.2) is 6.61 Å². The molecule has 0 aromatic heterocycles. The lowest BCUT2D eigenvalue weighted by molar-refractivity contribution is -0.152. The van der Waals surface area contributed by atoms with E-state index in [1.54, 1.807) is 0 Å². The molecule has 1 aromatic rings. The molecule has 3 rings (SSSR count). The van der Waals surface area contributed by atoms with Gasteiger partial charge in [0.05, 0.1) is 0 Å². The Morgan fingerprint density at radius 3 is 2.32 bits per heavy atom. The van der Waals surface area contributed by atoms with Gasteiger partial charge < -0.3 is 20.3 Å². The molecular weight excluding hydrogens is 358 g/mol. The van der Waals surface area contributed by atoms with E-state index < -0.39 is 17.9 Å². The van der Waals surface area contributed by atoms with Crippen LogP contribution in [0, 0.1) is 5.92 Å². The number of hydrogen-bond acceptors (Lipinski definition) is 5. The average molecular weight is 387 g/mol. The third-order valence-corrected chi connectivity index (χ3v) is 5.45. The van der Waals surface area contributed by atoms with Gasteiger partial charge in [-0.15, -0.1) is 0 Å². The number of ether oxygens (including phenoxy) is 1. The van der Waals surface area contributed by atoms with Crippen molar-refractivity contribution in [3.63, 3.8) is 0 Å². The maximum Gasteiger partial charge on any atom is 0.329 e. The first-order chi connectivity index (χ1) is 13.5. The Hall–Kier alpha value is -2.57. The van der Waals surface area contributed by atoms with Gasteiger partial charge in [-0.25, -0.2) is 4.79 Å². The third-order valence-electron chi connectivity index (χ3n) is 5.45. The fourth-order valence-corrected chi connectivity index (χ4v) is 4.03. The van der Waals surface area contributed by atoms with E-state index in [9.17, 15) is 14.4 Å². The van der Waals surface area contributed by atoms with Gasteiger partial charge in [0.2, 0.25) is 5.91 Å². The van der Waals surface area contributed by atoms with Gasteiger partial charge >= 0.3 is 5.97 Å². The lowest BCUT2D eigenvalue weighted by Gasteiger charge is -2.22. The third kappa shape index (κ3) is 5.47. The zero-order valence-electron chi connectivity index (χ0n) is 16.4. The Morgan fingerprint density at radius 2 is 1.71 bits per heavy atom. The van der Waals surface area contributed by atoms with Crippen LogP contribution in [0.2, 0.25) is 0 Å². The summed E-state index contributed by atoms with van der Waals surface area (Å²) >= 11 is 0. The number of carbonyl (C=O) groups is 3. The van der Waals surface area contributed by atoms with Crippen LogP contribution in [0.1, 0.15) is 45.4 Å². The minimum Gasteiger partial charge on any atom is -0.454 e. The molecule has 1 saturated carbocycles. The molecule has 0 spiro atoms. The predicted octanol–water partition coefficient (Wildman–Crippen LogP) is 2.46. The highest BCUT2D eigenvalue weighted by molar-refractivity contribution is 5.93. The van der Waals surface area contributed by atoms with Gasteiger partial charge in [0.1, 0.15) is 6.04 Å². The maximum absolute atomic E-state index is 12.4. The standard InChI is InChI=1S/C21H29N3O4/c1-15(25)22-20(16-6-2-3-7-16)21(27)28-14-19(26)23-17-8-10-18(11-9-17)24-12-4-5-13-24/h8-11,16,20H,2-7,12-14H2,1H3,(H,22,25)(H,23,26). The Balaban J connectivity index is 1.48. The molecule has 1 saturated heterocycles. The first-order valence-corrected chi connectivity index (χ1v) is 10.1. The first kappa shape index (κ1) is 20.2. The van der Waals surface area contributed by atoms with Crippen molar-refractivity contribution in [2.45, 2.75) is 51.5 Å². The summed E-state index contributed by atoms with van der Waals surface area (Å²) in [6, 6.07) is 7.00. The van der Waals surface area contributed by atoms with Crippen LogP contribution >= 0.6 is 0 Å². The molecule has 0 bridgehead atoms. The molecule has 0 radical (unpaired) electrons. The second kappa shape index (κ2) is 9.57. The fourth-order valence-electron chi connectivity index (χ4n) is 4.03. The van der Waals surface area contributed by atoms with E-state index in [0.29, 0.717) is 5.69 Å². The number of nitrogens with zero attached hydrogens (tertiary/aromatic N) is 1. The predicted molar refractivity (Wildman–Crippen MR) is 107 cm³/mol. The van der Waals surface area contributed by atoms with Crippen molar-refractivity contribution in [2.24, 2.45) is 5.92 Å². The van der Waals surface area contributed by atoms with Gasteiger partial charge in [0, 0.05) is 31.4 Å². The highest BCUT2D eigenvalue weighted by Gasteiger charge is 2.32. The van der Waals surface area contributed by atoms with Crippen LogP contribution in [0.5, 0.6) is 0 Å². The molecule has 1 unspecified atom stereocenters. The molecule has 1 heterocycles. The Bertz CT molecular complexity index is 692. The van der Waals surface area contributed by atoms with Gasteiger partial charge in [-0.1, -0.05) is 12.8 Å². The van der Waals surface area contributed by atoms with Crippen molar-refractivity contribution >= 4 is 29.2 Å². The highest BCUT2D eigenvalue weighted by Crippen LogP contribution is 2.28. The molecule has 152 valence electrons. The zero-order chi connectivity index (χ0) is 19.9. The summed E-state index contributed by atoms with van der Waals surface area (Å²) in [4.78, 5) is 38.3. The topological polar surface area (TPSA) is 87.7 Å². The van der Waals surface area contributed by atoms with Crippen LogP contribution in [0.4, 0.5) is 11.4 Å². The summed E-state index contributed by atoms with van der Waals surface area (Å²) < 4.78 is 5.18. The van der Waals surface area contributed by atoms with Crippen LogP contribution in [0.3, 0.4) is 0 Å². The maximum atomic E-state index is 12.4. The summed E-state index contributed by atoms with van der Waals surface area (Å²) in [6.45, 7) is 3.15. The van der Waals surface area contributed by atoms with Gasteiger partial charge in [-0.3, -0.25) is 9.59 Å². The number of hydrogen-bond donors (Lipinski definition) is 2. The SMILES string of the molecule is CC(=O)NC(C(=O)OCC(=O)Nc1ccc(N2CCCC2)cc1)C1CCCC1. The Kier molecular flexibility index (Phi) is 6.90. The Labute approximate surface area is 165 Å². The lowest BCUT2D eigenvalue weighted by Crippen LogP contribution is -2.46. The fraction of sp³-hybridized carbons (Fsp3) is 0.571. The van der Waals surface area contributed by atoms with E-state index in [4.69, 9.17) is 4.74 Å². The van der Waals surface area contributed by atoms with Crippen LogP contribution in [0.15, 0.2) is 24.3 Å². The summed E-state index contributed by atoms with van der Waals surface area (Å²) in [7, 11) is 0. The minimum absolute atomic E-state index is 0.0811. The van der Waals surface area contributed by atoms with Crippen molar-refractivity contribution < 1.29 is 19.1 Å². The van der Waals surface area contributed by atoms with Crippen molar-refractivity contribution in [3.05, 3.63) is 24.3 Å². The second-order valence-corrected chi connectivity index (χ2v) is 7.62. The van der Waals surface area contributed by atoms with Crippen molar-refractivity contribution in [1.82, 2.24) is 5.32 Å². The number of carbonyl (C=O) groups excluding carboxylic acids is 3. The molecule has 2 aliphatic rings. The molecule has 7 heteroatoms. The monoisotopic (exact) mass is 387 g/mol. The van der Waals surface area contributed by atoms with E-state index in [0.717, 1.165) is 44.5 Å².